The molecule has 2 nitrogen and oxygen atoms in total. The molecule has 1 aromatic carbocycles. The predicted octanol–water partition coefficient (Wildman–Crippen LogP) is 3.33. The zero-order valence-corrected chi connectivity index (χ0v) is 10.9. The molecule has 17 heavy (non-hydrogen) atoms. The minimum atomic E-state index is 0.612. The maximum Gasteiger partial charge on any atom is 0.122 e. The van der Waals surface area contributed by atoms with E-state index in [1.165, 1.54) is 18.4 Å². The van der Waals surface area contributed by atoms with Crippen molar-refractivity contribution >= 4 is 0 Å². The molecule has 0 amide bonds. The molecule has 1 aliphatic rings. The van der Waals surface area contributed by atoms with E-state index >= 15 is 0 Å². The molecule has 1 aromatic rings. The molecule has 0 aromatic heterocycles. The number of hydrogen-bond acceptors (Lipinski definition) is 2. The van der Waals surface area contributed by atoms with Gasteiger partial charge < -0.3 is 10.1 Å². The topological polar surface area (TPSA) is 21.3 Å². The monoisotopic (exact) mass is 233 g/mol. The van der Waals surface area contributed by atoms with Crippen LogP contribution in [0.3, 0.4) is 0 Å². The van der Waals surface area contributed by atoms with Gasteiger partial charge in [-0.1, -0.05) is 32.0 Å². The Kier molecular flexibility index (Phi) is 4.43. The summed E-state index contributed by atoms with van der Waals surface area (Å²) in [5, 5.41) is 3.67. The molecule has 2 heteroatoms. The predicted molar refractivity (Wildman–Crippen MR) is 71.7 cm³/mol. The van der Waals surface area contributed by atoms with Crippen molar-refractivity contribution < 1.29 is 4.74 Å². The largest absolute Gasteiger partial charge is 0.493 e. The molecule has 0 aliphatic carbocycles. The average molecular weight is 233 g/mol. The van der Waals surface area contributed by atoms with Crippen LogP contribution in [0.5, 0.6) is 5.75 Å². The van der Waals surface area contributed by atoms with Gasteiger partial charge in [-0.05, 0) is 30.9 Å². The summed E-state index contributed by atoms with van der Waals surface area (Å²) < 4.78 is 5.69. The molecular weight excluding hydrogens is 210 g/mol. The Morgan fingerprint density at radius 2 is 2.06 bits per heavy atom. The van der Waals surface area contributed by atoms with Crippen LogP contribution in [0.15, 0.2) is 24.3 Å². The third-order valence-electron chi connectivity index (χ3n) is 3.72. The van der Waals surface area contributed by atoms with E-state index < -0.39 is 0 Å². The van der Waals surface area contributed by atoms with Gasteiger partial charge in [0.1, 0.15) is 5.75 Å². The first-order valence-corrected chi connectivity index (χ1v) is 6.80. The number of para-hydroxylation sites is 1. The lowest BCUT2D eigenvalue weighted by atomic mass is 9.92. The molecule has 0 fully saturated rings. The highest BCUT2D eigenvalue weighted by molar-refractivity contribution is 5.37. The van der Waals surface area contributed by atoms with Gasteiger partial charge in [-0.2, -0.15) is 0 Å². The van der Waals surface area contributed by atoms with Crippen LogP contribution >= 0.6 is 0 Å². The van der Waals surface area contributed by atoms with Gasteiger partial charge in [-0.25, -0.2) is 0 Å². The van der Waals surface area contributed by atoms with Gasteiger partial charge in [-0.3, -0.25) is 0 Å². The van der Waals surface area contributed by atoms with Crippen LogP contribution in [0.25, 0.3) is 0 Å². The molecule has 0 bridgehead atoms. The normalized spacial score (nSPS) is 18.9. The third-order valence-corrected chi connectivity index (χ3v) is 3.72. The van der Waals surface area contributed by atoms with E-state index in [2.05, 4.69) is 43.4 Å². The van der Waals surface area contributed by atoms with Gasteiger partial charge in [-0.15, -0.1) is 0 Å². The molecule has 1 atom stereocenters. The van der Waals surface area contributed by atoms with Crippen molar-refractivity contribution in [1.82, 2.24) is 5.32 Å². The molecule has 94 valence electrons. The molecule has 1 aliphatic heterocycles. The zero-order chi connectivity index (χ0) is 12.1. The van der Waals surface area contributed by atoms with Gasteiger partial charge in [0.2, 0.25) is 0 Å². The van der Waals surface area contributed by atoms with Crippen LogP contribution in [0.2, 0.25) is 0 Å². The van der Waals surface area contributed by atoms with Gasteiger partial charge >= 0.3 is 0 Å². The van der Waals surface area contributed by atoms with Gasteiger partial charge in [0.15, 0.2) is 0 Å². The van der Waals surface area contributed by atoms with Crippen LogP contribution in [0, 0.1) is 0 Å². The summed E-state index contributed by atoms with van der Waals surface area (Å²) in [5.74, 6) is 1.69. The van der Waals surface area contributed by atoms with E-state index in [-0.39, 0.29) is 0 Å². The summed E-state index contributed by atoms with van der Waals surface area (Å²) in [7, 11) is 0. The maximum absolute atomic E-state index is 5.69. The average Bonchev–Trinajstić information content (AvgIpc) is 2.40. The number of nitrogens with one attached hydrogen (secondary N) is 1. The van der Waals surface area contributed by atoms with Crippen LogP contribution in [-0.4, -0.2) is 19.2 Å². The molecule has 1 N–H and O–H groups in total. The Hall–Kier alpha value is -1.02. The molecule has 1 unspecified atom stereocenters. The first kappa shape index (κ1) is 12.4. The fourth-order valence-electron chi connectivity index (χ4n) is 2.51. The summed E-state index contributed by atoms with van der Waals surface area (Å²) in [6, 6.07) is 9.10. The number of fused-ring (bicyclic) bond motifs is 1. The summed E-state index contributed by atoms with van der Waals surface area (Å²) in [6.45, 7) is 6.43. The van der Waals surface area contributed by atoms with Crippen LogP contribution in [0.1, 0.15) is 44.6 Å². The maximum atomic E-state index is 5.69. The zero-order valence-electron chi connectivity index (χ0n) is 10.9. The molecule has 0 spiro atoms. The van der Waals surface area contributed by atoms with Crippen LogP contribution in [0.4, 0.5) is 0 Å². The SMILES string of the molecule is CCC(CC)NCC1CCOc2ccccc21. The van der Waals surface area contributed by atoms with Crippen molar-refractivity contribution in [2.24, 2.45) is 0 Å². The third kappa shape index (κ3) is 3.01. The summed E-state index contributed by atoms with van der Waals surface area (Å²) in [4.78, 5) is 0. The van der Waals surface area contributed by atoms with Gasteiger partial charge in [0, 0.05) is 18.5 Å². The number of ether oxygens (including phenoxy) is 1. The lowest BCUT2D eigenvalue weighted by molar-refractivity contribution is 0.261. The van der Waals surface area contributed by atoms with Crippen molar-refractivity contribution in [3.05, 3.63) is 29.8 Å². The van der Waals surface area contributed by atoms with Crippen LogP contribution < -0.4 is 10.1 Å². The highest BCUT2D eigenvalue weighted by atomic mass is 16.5. The Morgan fingerprint density at radius 3 is 2.82 bits per heavy atom. The standard InChI is InChI=1S/C15H23NO/c1-3-13(4-2)16-11-12-9-10-17-15-8-6-5-7-14(12)15/h5-8,12-13,16H,3-4,9-11H2,1-2H3. The summed E-state index contributed by atoms with van der Waals surface area (Å²) >= 11 is 0. The van der Waals surface area contributed by atoms with Gasteiger partial charge in [0.05, 0.1) is 6.61 Å². The lowest BCUT2D eigenvalue weighted by Gasteiger charge is -2.27. The Morgan fingerprint density at radius 1 is 1.29 bits per heavy atom. The Bertz CT molecular complexity index is 347. The van der Waals surface area contributed by atoms with Crippen molar-refractivity contribution in [2.45, 2.75) is 45.1 Å². The highest BCUT2D eigenvalue weighted by Gasteiger charge is 2.21. The van der Waals surface area contributed by atoms with E-state index in [4.69, 9.17) is 4.74 Å². The summed E-state index contributed by atoms with van der Waals surface area (Å²) in [6.07, 6.45) is 3.55. The molecule has 2 rings (SSSR count). The van der Waals surface area contributed by atoms with E-state index in [1.54, 1.807) is 0 Å². The first-order valence-electron chi connectivity index (χ1n) is 6.80. The van der Waals surface area contributed by atoms with Crippen molar-refractivity contribution in [2.75, 3.05) is 13.2 Å². The van der Waals surface area contributed by atoms with Crippen LogP contribution in [-0.2, 0) is 0 Å². The fourth-order valence-corrected chi connectivity index (χ4v) is 2.51. The molecular formula is C15H23NO. The Labute approximate surface area is 104 Å². The second-order valence-electron chi connectivity index (χ2n) is 4.79. The minimum Gasteiger partial charge on any atom is -0.493 e. The van der Waals surface area contributed by atoms with Gasteiger partial charge in [0.25, 0.3) is 0 Å². The van der Waals surface area contributed by atoms with Crippen molar-refractivity contribution in [3.8, 4) is 5.75 Å². The van der Waals surface area contributed by atoms with E-state index in [1.807, 2.05) is 0 Å². The number of hydrogen-bond donors (Lipinski definition) is 1. The first-order chi connectivity index (χ1) is 8.35. The minimum absolute atomic E-state index is 0.612. The molecule has 1 heterocycles. The second-order valence-corrected chi connectivity index (χ2v) is 4.79. The molecule has 0 saturated carbocycles. The molecule has 0 saturated heterocycles. The van der Waals surface area contributed by atoms with E-state index in [0.717, 1.165) is 25.3 Å². The highest BCUT2D eigenvalue weighted by Crippen LogP contribution is 2.32. The second kappa shape index (κ2) is 6.06. The van der Waals surface area contributed by atoms with E-state index in [0.29, 0.717) is 12.0 Å². The van der Waals surface area contributed by atoms with Crippen molar-refractivity contribution in [3.63, 3.8) is 0 Å². The lowest BCUT2D eigenvalue weighted by Crippen LogP contribution is -2.33. The smallest absolute Gasteiger partial charge is 0.122 e. The number of benzene rings is 1. The van der Waals surface area contributed by atoms with E-state index in [9.17, 15) is 0 Å². The summed E-state index contributed by atoms with van der Waals surface area (Å²) in [5.41, 5.74) is 1.37. The fraction of sp³-hybridized carbons (Fsp3) is 0.600. The van der Waals surface area contributed by atoms with Crippen molar-refractivity contribution in [1.29, 1.82) is 0 Å². The molecule has 0 radical (unpaired) electrons. The number of rotatable bonds is 5. The quantitative estimate of drug-likeness (QED) is 0.842. The Balaban J connectivity index is 1.99.